The number of benzene rings is 2. The van der Waals surface area contributed by atoms with E-state index in [1.54, 1.807) is 50.4 Å². The van der Waals surface area contributed by atoms with Gasteiger partial charge in [0.15, 0.2) is 12.0 Å². The molecule has 0 radical (unpaired) electrons. The number of amides is 7. The van der Waals surface area contributed by atoms with Crippen molar-refractivity contribution in [1.29, 1.82) is 0 Å². The van der Waals surface area contributed by atoms with E-state index in [0.29, 0.717) is 24.0 Å². The zero-order chi connectivity index (χ0) is 48.9. The SMILES string of the molecule is CC[C@H](C)[C@H](NC(=O)[C@H](Cc1c[nH]c2ccccc12)NC(=O)CNC(=O)[C@@H](N)CCCN=C(N)N)C(=O)N[C@@H](Cc1ccccc1)C(=O)NCC(=O)N[C@@H](CO)C(=O)N[C@H](C(=O)O)[C@@H](C)O. The summed E-state index contributed by atoms with van der Waals surface area (Å²) in [5, 5.41) is 46.6. The standard InChI is InChI=1S/C43H62N12O11/c1-4-23(2)35(41(64)53-30(17-25-11-6-5-7-12-25)38(61)50-21-34(59)52-32(22-56)40(63)55-36(24(3)57)42(65)66)54-39(62)31(18-26-19-48-29-15-9-8-13-27(26)29)51-33(58)20-49-37(60)28(44)14-10-16-47-43(45)46/h5-9,11-13,15,19,23-24,28,30-32,35-36,48,56-57H,4,10,14,16-18,20-22,44H2,1-3H3,(H,49,60)(H,50,61)(H,51,58)(H,52,59)(H,53,64)(H,54,62)(H,55,63)(H,65,66)(H4,45,46,47)/t23-,24+,28-,30-,31-,32-,35-,36-/m0/s1. The number of nitrogens with one attached hydrogen (secondary N) is 8. The van der Waals surface area contributed by atoms with E-state index >= 15 is 0 Å². The minimum absolute atomic E-state index is 0.0325. The van der Waals surface area contributed by atoms with E-state index in [2.05, 4.69) is 41.9 Å². The van der Waals surface area contributed by atoms with Crippen molar-refractivity contribution >= 4 is 64.2 Å². The fourth-order valence-electron chi connectivity index (χ4n) is 6.57. The third kappa shape index (κ3) is 17.1. The Bertz CT molecular complexity index is 2160. The van der Waals surface area contributed by atoms with Crippen LogP contribution in [0, 0.1) is 5.92 Å². The van der Waals surface area contributed by atoms with Gasteiger partial charge in [0.1, 0.15) is 24.2 Å². The molecule has 7 amide bonds. The summed E-state index contributed by atoms with van der Waals surface area (Å²) in [7, 11) is 0. The number of rotatable bonds is 27. The molecule has 0 saturated carbocycles. The van der Waals surface area contributed by atoms with Gasteiger partial charge in [-0.05, 0) is 42.9 Å². The molecule has 0 aliphatic carbocycles. The van der Waals surface area contributed by atoms with Crippen molar-refractivity contribution in [2.45, 2.75) is 95.2 Å². The number of hydrogen-bond donors (Lipinski definition) is 14. The van der Waals surface area contributed by atoms with E-state index in [9.17, 15) is 53.7 Å². The van der Waals surface area contributed by atoms with Gasteiger partial charge >= 0.3 is 5.97 Å². The van der Waals surface area contributed by atoms with E-state index in [0.717, 1.165) is 17.8 Å². The maximum Gasteiger partial charge on any atom is 0.328 e. The van der Waals surface area contributed by atoms with Crippen LogP contribution in [0.3, 0.4) is 0 Å². The third-order valence-corrected chi connectivity index (χ3v) is 10.5. The van der Waals surface area contributed by atoms with Crippen molar-refractivity contribution in [2.75, 3.05) is 26.2 Å². The highest BCUT2D eigenvalue weighted by Crippen LogP contribution is 2.20. The highest BCUT2D eigenvalue weighted by Gasteiger charge is 2.34. The van der Waals surface area contributed by atoms with Crippen LogP contribution in [0.25, 0.3) is 10.9 Å². The number of carboxylic acid groups (broad SMARTS) is 1. The van der Waals surface area contributed by atoms with Crippen molar-refractivity contribution in [3.8, 4) is 0 Å². The van der Waals surface area contributed by atoms with Crippen LogP contribution in [0.2, 0.25) is 0 Å². The monoisotopic (exact) mass is 922 g/mol. The maximum atomic E-state index is 14.2. The lowest BCUT2D eigenvalue weighted by Crippen LogP contribution is -2.60. The molecule has 17 N–H and O–H groups in total. The molecule has 360 valence electrons. The van der Waals surface area contributed by atoms with E-state index in [-0.39, 0.29) is 31.8 Å². The molecule has 0 aliphatic rings. The lowest BCUT2D eigenvalue weighted by molar-refractivity contribution is -0.145. The zero-order valence-corrected chi connectivity index (χ0v) is 37.0. The first-order valence-corrected chi connectivity index (χ1v) is 21.3. The second-order valence-electron chi connectivity index (χ2n) is 15.7. The van der Waals surface area contributed by atoms with Crippen molar-refractivity contribution in [1.82, 2.24) is 42.2 Å². The first-order chi connectivity index (χ1) is 31.3. The Morgan fingerprint density at radius 1 is 0.712 bits per heavy atom. The van der Waals surface area contributed by atoms with Gasteiger partial charge in [0.25, 0.3) is 0 Å². The van der Waals surface area contributed by atoms with Crippen LogP contribution in [0.5, 0.6) is 0 Å². The molecule has 66 heavy (non-hydrogen) atoms. The predicted octanol–water partition coefficient (Wildman–Crippen LogP) is -3.51. The van der Waals surface area contributed by atoms with Crippen LogP contribution in [-0.2, 0) is 51.2 Å². The first kappa shape index (κ1) is 53.2. The van der Waals surface area contributed by atoms with E-state index < -0.39 is 115 Å². The first-order valence-electron chi connectivity index (χ1n) is 21.3. The molecular weight excluding hydrogens is 861 g/mol. The van der Waals surface area contributed by atoms with Crippen LogP contribution >= 0.6 is 0 Å². The number of nitrogens with zero attached hydrogens (tertiary/aromatic N) is 1. The zero-order valence-electron chi connectivity index (χ0n) is 37.0. The quantitative estimate of drug-likeness (QED) is 0.0201. The average Bonchev–Trinajstić information content (AvgIpc) is 3.70. The minimum atomic E-state index is -1.73. The summed E-state index contributed by atoms with van der Waals surface area (Å²) in [5.41, 5.74) is 18.7. The number of aliphatic imine (C=N–C) groups is 1. The lowest BCUT2D eigenvalue weighted by Gasteiger charge is -2.28. The smallest absolute Gasteiger partial charge is 0.328 e. The summed E-state index contributed by atoms with van der Waals surface area (Å²) in [6.07, 6.45) is 1.11. The molecule has 0 unspecified atom stereocenters. The summed E-state index contributed by atoms with van der Waals surface area (Å²) in [4.78, 5) is 112. The number of H-pyrrole nitrogens is 1. The number of aliphatic hydroxyl groups excluding tert-OH is 2. The van der Waals surface area contributed by atoms with Crippen LogP contribution in [0.15, 0.2) is 65.8 Å². The van der Waals surface area contributed by atoms with Gasteiger partial charge in [-0.2, -0.15) is 0 Å². The van der Waals surface area contributed by atoms with Crippen LogP contribution in [-0.4, -0.2) is 142 Å². The van der Waals surface area contributed by atoms with E-state index in [1.165, 1.54) is 0 Å². The fourth-order valence-corrected chi connectivity index (χ4v) is 6.57. The molecule has 8 atom stereocenters. The second kappa shape index (κ2) is 26.6. The van der Waals surface area contributed by atoms with E-state index in [4.69, 9.17) is 17.2 Å². The number of nitrogens with two attached hydrogens (primary N) is 3. The number of fused-ring (bicyclic) bond motifs is 1. The Hall–Kier alpha value is -7.11. The summed E-state index contributed by atoms with van der Waals surface area (Å²) < 4.78 is 0. The molecule has 2 aromatic carbocycles. The molecule has 23 nitrogen and oxygen atoms in total. The number of guanidine groups is 1. The molecule has 23 heteroatoms. The molecular formula is C43H62N12O11. The number of hydrogen-bond acceptors (Lipinski definition) is 12. The molecule has 0 aliphatic heterocycles. The van der Waals surface area contributed by atoms with Gasteiger partial charge in [-0.15, -0.1) is 0 Å². The number of carbonyl (C=O) groups is 8. The van der Waals surface area contributed by atoms with Gasteiger partial charge in [-0.3, -0.25) is 38.6 Å². The molecule has 0 saturated heterocycles. The molecule has 1 aromatic heterocycles. The molecule has 0 fully saturated rings. The second-order valence-corrected chi connectivity index (χ2v) is 15.7. The highest BCUT2D eigenvalue weighted by atomic mass is 16.4. The Balaban J connectivity index is 1.79. The van der Waals surface area contributed by atoms with Crippen molar-refractivity contribution in [3.05, 3.63) is 71.9 Å². The van der Waals surface area contributed by atoms with Gasteiger partial charge in [0, 0.05) is 36.5 Å². The number of aromatic nitrogens is 1. The highest BCUT2D eigenvalue weighted by molar-refractivity contribution is 5.97. The van der Waals surface area contributed by atoms with Gasteiger partial charge < -0.3 is 74.7 Å². The third-order valence-electron chi connectivity index (χ3n) is 10.5. The molecule has 0 bridgehead atoms. The van der Waals surface area contributed by atoms with E-state index in [1.807, 2.05) is 29.6 Å². The fraction of sp³-hybridized carbons (Fsp3) is 0.465. The average molecular weight is 923 g/mol. The van der Waals surface area contributed by atoms with Gasteiger partial charge in [0.2, 0.25) is 41.4 Å². The topological polar surface area (TPSA) is 388 Å². The van der Waals surface area contributed by atoms with Crippen molar-refractivity contribution in [3.63, 3.8) is 0 Å². The number of aromatic amines is 1. The number of aliphatic hydroxyl groups is 2. The lowest BCUT2D eigenvalue weighted by atomic mass is 9.96. The van der Waals surface area contributed by atoms with Gasteiger partial charge in [-0.25, -0.2) is 4.79 Å². The number of aliphatic carboxylic acids is 1. The van der Waals surface area contributed by atoms with Gasteiger partial charge in [-0.1, -0.05) is 68.8 Å². The summed E-state index contributed by atoms with van der Waals surface area (Å²) in [6.45, 7) is 2.66. The molecule has 3 aromatic rings. The predicted molar refractivity (Wildman–Crippen MR) is 242 cm³/mol. The number of para-hydroxylation sites is 1. The summed E-state index contributed by atoms with van der Waals surface area (Å²) >= 11 is 0. The normalized spacial score (nSPS) is 14.6. The Kier molecular flexibility index (Phi) is 21.5. The summed E-state index contributed by atoms with van der Waals surface area (Å²) in [6, 6.07) is 7.71. The van der Waals surface area contributed by atoms with Crippen LogP contribution in [0.4, 0.5) is 0 Å². The number of carbonyl (C=O) groups excluding carboxylic acids is 7. The molecule has 0 spiro atoms. The minimum Gasteiger partial charge on any atom is -0.480 e. The van der Waals surface area contributed by atoms with Crippen LogP contribution < -0.4 is 54.4 Å². The van der Waals surface area contributed by atoms with Crippen molar-refractivity contribution in [2.24, 2.45) is 28.1 Å². The Morgan fingerprint density at radius 3 is 1.89 bits per heavy atom. The van der Waals surface area contributed by atoms with Crippen LogP contribution in [0.1, 0.15) is 51.2 Å². The largest absolute Gasteiger partial charge is 0.480 e. The van der Waals surface area contributed by atoms with Crippen molar-refractivity contribution < 1.29 is 53.7 Å². The summed E-state index contributed by atoms with van der Waals surface area (Å²) in [5.74, 6) is -7.92. The van der Waals surface area contributed by atoms with Gasteiger partial charge in [0.05, 0.1) is 31.8 Å². The molecule has 3 rings (SSSR count). The molecule has 1 heterocycles. The Morgan fingerprint density at radius 2 is 1.29 bits per heavy atom. The number of carboxylic acids is 1. The maximum absolute atomic E-state index is 14.2. The Labute approximate surface area is 380 Å².